The van der Waals surface area contributed by atoms with Gasteiger partial charge in [0.2, 0.25) is 5.75 Å². The highest BCUT2D eigenvalue weighted by atomic mass is 35.5. The fraction of sp³-hybridized carbons (Fsp3) is 0.455. The fourth-order valence-corrected chi connectivity index (χ4v) is 4.56. The number of aromatic hydroxyl groups is 1. The van der Waals surface area contributed by atoms with Crippen LogP contribution in [0.3, 0.4) is 0 Å². The molecule has 1 aromatic carbocycles. The number of fused-ring (bicyclic) bond motifs is 3. The van der Waals surface area contributed by atoms with E-state index in [1.165, 1.54) is 12.1 Å². The van der Waals surface area contributed by atoms with Crippen molar-refractivity contribution < 1.29 is 19.7 Å². The van der Waals surface area contributed by atoms with Crippen molar-refractivity contribution in [1.29, 1.82) is 0 Å². The summed E-state index contributed by atoms with van der Waals surface area (Å²) in [6, 6.07) is 6.75. The highest BCUT2D eigenvalue weighted by Gasteiger charge is 2.26. The van der Waals surface area contributed by atoms with Gasteiger partial charge in [0, 0.05) is 35.9 Å². The minimum absolute atomic E-state index is 0. The zero-order valence-electron chi connectivity index (χ0n) is 17.7. The lowest BCUT2D eigenvalue weighted by Crippen LogP contribution is -2.45. The summed E-state index contributed by atoms with van der Waals surface area (Å²) in [5.41, 5.74) is 3.44. The van der Waals surface area contributed by atoms with Gasteiger partial charge in [-0.1, -0.05) is 6.07 Å². The first-order valence-corrected chi connectivity index (χ1v) is 10.3. The lowest BCUT2D eigenvalue weighted by Gasteiger charge is -2.37. The van der Waals surface area contributed by atoms with E-state index in [4.69, 9.17) is 5.11 Å². The SMILES string of the molecule is CN(C)C1CCCN(c2ccc3c(c2)CCCc2c-3[nH]c(=O)c(OC(=O)O)c2O)C1.Cl. The number of aryl methyl sites for hydroxylation is 1. The number of aromatic amines is 1. The van der Waals surface area contributed by atoms with Crippen LogP contribution in [-0.2, 0) is 12.8 Å². The molecule has 31 heavy (non-hydrogen) atoms. The zero-order chi connectivity index (χ0) is 21.4. The Morgan fingerprint density at radius 3 is 2.74 bits per heavy atom. The van der Waals surface area contributed by atoms with Crippen molar-refractivity contribution in [3.8, 4) is 22.8 Å². The molecule has 3 N–H and O–H groups in total. The molecule has 0 amide bonds. The van der Waals surface area contributed by atoms with Gasteiger partial charge in [-0.15, -0.1) is 12.4 Å². The normalized spacial score (nSPS) is 17.9. The number of aromatic nitrogens is 1. The molecular formula is C22H28ClN3O5. The first kappa shape index (κ1) is 23.0. The number of nitrogens with one attached hydrogen (secondary N) is 1. The number of ether oxygens (including phenoxy) is 1. The Kier molecular flexibility index (Phi) is 6.81. The lowest BCUT2D eigenvalue weighted by molar-refractivity contribution is 0.142. The summed E-state index contributed by atoms with van der Waals surface area (Å²) in [5.74, 6) is -0.956. The Morgan fingerprint density at radius 1 is 1.26 bits per heavy atom. The van der Waals surface area contributed by atoms with Crippen molar-refractivity contribution in [3.63, 3.8) is 0 Å². The Balaban J connectivity index is 0.00000272. The van der Waals surface area contributed by atoms with Crippen molar-refractivity contribution in [2.75, 3.05) is 32.1 Å². The van der Waals surface area contributed by atoms with Crippen LogP contribution in [0, 0.1) is 0 Å². The monoisotopic (exact) mass is 449 g/mol. The van der Waals surface area contributed by atoms with Crippen LogP contribution >= 0.6 is 12.4 Å². The third-order valence-electron chi connectivity index (χ3n) is 6.16. The van der Waals surface area contributed by atoms with E-state index >= 15 is 0 Å². The molecule has 9 heteroatoms. The maximum absolute atomic E-state index is 12.4. The van der Waals surface area contributed by atoms with Crippen molar-refractivity contribution >= 4 is 24.2 Å². The van der Waals surface area contributed by atoms with Crippen LogP contribution in [0.4, 0.5) is 10.5 Å². The van der Waals surface area contributed by atoms with Crippen molar-refractivity contribution in [2.45, 2.75) is 38.1 Å². The molecule has 1 aliphatic heterocycles. The summed E-state index contributed by atoms with van der Waals surface area (Å²) < 4.78 is 4.51. The lowest BCUT2D eigenvalue weighted by atomic mass is 9.98. The maximum Gasteiger partial charge on any atom is 0.511 e. The molecule has 1 unspecified atom stereocenters. The van der Waals surface area contributed by atoms with Gasteiger partial charge in [-0.25, -0.2) is 4.79 Å². The quantitative estimate of drug-likeness (QED) is 0.617. The molecule has 1 fully saturated rings. The second kappa shape index (κ2) is 9.20. The minimum Gasteiger partial charge on any atom is -0.504 e. The Bertz CT molecular complexity index is 1040. The molecule has 1 atom stereocenters. The van der Waals surface area contributed by atoms with Gasteiger partial charge in [0.1, 0.15) is 0 Å². The zero-order valence-corrected chi connectivity index (χ0v) is 18.5. The van der Waals surface area contributed by atoms with Crippen molar-refractivity contribution in [1.82, 2.24) is 9.88 Å². The third kappa shape index (κ3) is 4.50. The van der Waals surface area contributed by atoms with Crippen LogP contribution in [0.5, 0.6) is 11.5 Å². The van der Waals surface area contributed by atoms with E-state index in [9.17, 15) is 14.7 Å². The van der Waals surface area contributed by atoms with Gasteiger partial charge < -0.3 is 29.7 Å². The van der Waals surface area contributed by atoms with Gasteiger partial charge in [-0.3, -0.25) is 4.79 Å². The number of anilines is 1. The van der Waals surface area contributed by atoms with Crippen LogP contribution in [-0.4, -0.2) is 59.5 Å². The number of carboxylic acid groups (broad SMARTS) is 1. The molecule has 1 saturated heterocycles. The van der Waals surface area contributed by atoms with Crippen LogP contribution in [0.2, 0.25) is 0 Å². The number of carbonyl (C=O) groups is 1. The van der Waals surface area contributed by atoms with E-state index in [0.717, 1.165) is 43.5 Å². The average molecular weight is 450 g/mol. The van der Waals surface area contributed by atoms with Crippen molar-refractivity contribution in [3.05, 3.63) is 39.7 Å². The number of hydrogen-bond donors (Lipinski definition) is 3. The Morgan fingerprint density at radius 2 is 2.03 bits per heavy atom. The van der Waals surface area contributed by atoms with Crippen LogP contribution in [0.15, 0.2) is 23.0 Å². The predicted molar refractivity (Wildman–Crippen MR) is 121 cm³/mol. The van der Waals surface area contributed by atoms with Crippen molar-refractivity contribution in [2.24, 2.45) is 0 Å². The number of halogens is 1. The molecule has 0 saturated carbocycles. The highest BCUT2D eigenvalue weighted by molar-refractivity contribution is 5.85. The maximum atomic E-state index is 12.4. The number of H-pyrrole nitrogens is 1. The van der Waals surface area contributed by atoms with E-state index in [2.05, 4.69) is 45.7 Å². The van der Waals surface area contributed by atoms with Gasteiger partial charge in [0.25, 0.3) is 5.56 Å². The standard InChI is InChI=1S/C22H27N3O5.ClH/c1-24(2)15-6-4-10-25(12-15)14-8-9-16-13(11-14)5-3-7-17-18(16)23-21(27)20(19(17)26)30-22(28)29;/h8-9,11,15H,3-7,10,12H2,1-2H3,(H,28,29)(H2,23,26,27);1H. The number of pyridine rings is 1. The van der Waals surface area contributed by atoms with Gasteiger partial charge >= 0.3 is 6.16 Å². The summed E-state index contributed by atoms with van der Waals surface area (Å²) in [5, 5.41) is 19.4. The first-order valence-electron chi connectivity index (χ1n) is 10.3. The molecule has 2 heterocycles. The molecule has 168 valence electrons. The fourth-order valence-electron chi connectivity index (χ4n) is 4.56. The van der Waals surface area contributed by atoms with Gasteiger partial charge in [-0.05, 0) is 63.9 Å². The largest absolute Gasteiger partial charge is 0.511 e. The number of benzene rings is 1. The summed E-state index contributed by atoms with van der Waals surface area (Å²) in [7, 11) is 4.24. The predicted octanol–water partition coefficient (Wildman–Crippen LogP) is 3.25. The topological polar surface area (TPSA) is 106 Å². The van der Waals surface area contributed by atoms with E-state index in [0.29, 0.717) is 23.7 Å². The molecule has 2 aliphatic rings. The second-order valence-electron chi connectivity index (χ2n) is 8.25. The van der Waals surface area contributed by atoms with Gasteiger partial charge in [0.05, 0.1) is 5.69 Å². The van der Waals surface area contributed by atoms with E-state index in [1.807, 2.05) is 6.07 Å². The molecule has 1 aliphatic carbocycles. The minimum atomic E-state index is -1.63. The number of likely N-dealkylation sites (N-methyl/N-ethyl adjacent to an activating group) is 1. The highest BCUT2D eigenvalue weighted by Crippen LogP contribution is 2.39. The molecule has 0 bridgehead atoms. The number of hydrogen-bond acceptors (Lipinski definition) is 6. The number of nitrogens with zero attached hydrogens (tertiary/aromatic N) is 2. The van der Waals surface area contributed by atoms with Crippen LogP contribution in [0.1, 0.15) is 30.4 Å². The number of piperidine rings is 1. The van der Waals surface area contributed by atoms with Gasteiger partial charge in [0.15, 0.2) is 5.75 Å². The molecule has 0 radical (unpaired) electrons. The first-order chi connectivity index (χ1) is 14.3. The second-order valence-corrected chi connectivity index (χ2v) is 8.25. The molecule has 1 aromatic heterocycles. The average Bonchev–Trinajstić information content (AvgIpc) is 2.90. The summed E-state index contributed by atoms with van der Waals surface area (Å²) in [4.78, 5) is 30.7. The summed E-state index contributed by atoms with van der Waals surface area (Å²) in [6.07, 6.45) is 2.81. The van der Waals surface area contributed by atoms with E-state index < -0.39 is 23.2 Å². The van der Waals surface area contributed by atoms with Crippen LogP contribution < -0.4 is 15.2 Å². The van der Waals surface area contributed by atoms with Crippen LogP contribution in [0.25, 0.3) is 11.3 Å². The molecule has 0 spiro atoms. The smallest absolute Gasteiger partial charge is 0.504 e. The van der Waals surface area contributed by atoms with E-state index in [1.54, 1.807) is 0 Å². The number of rotatable bonds is 3. The van der Waals surface area contributed by atoms with E-state index in [-0.39, 0.29) is 12.4 Å². The Hall–Kier alpha value is -2.71. The summed E-state index contributed by atoms with van der Waals surface area (Å²) in [6.45, 7) is 2.00. The molecular weight excluding hydrogens is 422 g/mol. The summed E-state index contributed by atoms with van der Waals surface area (Å²) >= 11 is 0. The van der Waals surface area contributed by atoms with Gasteiger partial charge in [-0.2, -0.15) is 0 Å². The molecule has 2 aromatic rings. The Labute approximate surface area is 186 Å². The molecule has 4 rings (SSSR count). The third-order valence-corrected chi connectivity index (χ3v) is 6.16. The molecule has 8 nitrogen and oxygen atoms in total.